The number of nitrogens with zero attached hydrogens (tertiary/aromatic N) is 5. The number of piperazine rings is 1. The number of hydrogen-bond acceptors (Lipinski definition) is 6. The lowest BCUT2D eigenvalue weighted by molar-refractivity contribution is 0.122. The number of hydrogen-bond donors (Lipinski definition) is 0. The van der Waals surface area contributed by atoms with E-state index in [1.54, 1.807) is 6.33 Å². The zero-order valence-electron chi connectivity index (χ0n) is 14.0. The van der Waals surface area contributed by atoms with Crippen LogP contribution in [0.5, 0.6) is 0 Å². The monoisotopic (exact) mass is 305 g/mol. The topological polar surface area (TPSA) is 44.7 Å². The van der Waals surface area contributed by atoms with Gasteiger partial charge in [0.05, 0.1) is 13.2 Å². The Hall–Kier alpha value is -1.40. The molecule has 0 aromatic carbocycles. The van der Waals surface area contributed by atoms with Crippen molar-refractivity contribution in [1.82, 2.24) is 14.9 Å². The fourth-order valence-corrected chi connectivity index (χ4v) is 3.08. The van der Waals surface area contributed by atoms with Gasteiger partial charge in [0.25, 0.3) is 0 Å². The Labute approximate surface area is 133 Å². The van der Waals surface area contributed by atoms with Gasteiger partial charge >= 0.3 is 0 Å². The van der Waals surface area contributed by atoms with Gasteiger partial charge in [0, 0.05) is 50.9 Å². The summed E-state index contributed by atoms with van der Waals surface area (Å²) in [6, 6.07) is 2.12. The summed E-state index contributed by atoms with van der Waals surface area (Å²) in [6.45, 7) is 14.4. The molecule has 2 aliphatic rings. The van der Waals surface area contributed by atoms with Crippen molar-refractivity contribution in [3.63, 3.8) is 0 Å². The van der Waals surface area contributed by atoms with Crippen molar-refractivity contribution in [2.24, 2.45) is 0 Å². The number of ether oxygens (including phenoxy) is 1. The van der Waals surface area contributed by atoms with E-state index in [2.05, 4.69) is 51.5 Å². The predicted octanol–water partition coefficient (Wildman–Crippen LogP) is 1.23. The maximum Gasteiger partial charge on any atom is 0.134 e. The van der Waals surface area contributed by atoms with E-state index in [1.807, 2.05) is 0 Å². The molecule has 3 heterocycles. The fraction of sp³-hybridized carbons (Fsp3) is 0.750. The second-order valence-corrected chi connectivity index (χ2v) is 6.98. The second kappa shape index (κ2) is 6.38. The molecule has 0 bridgehead atoms. The third-order valence-corrected chi connectivity index (χ3v) is 4.53. The molecular formula is C16H27N5O. The van der Waals surface area contributed by atoms with Crippen LogP contribution in [-0.2, 0) is 4.74 Å². The lowest BCUT2D eigenvalue weighted by atomic mass is 10.1. The summed E-state index contributed by atoms with van der Waals surface area (Å²) in [5, 5.41) is 0. The highest BCUT2D eigenvalue weighted by Gasteiger charge is 2.26. The molecule has 3 rings (SSSR count). The van der Waals surface area contributed by atoms with Crippen LogP contribution in [-0.4, -0.2) is 72.9 Å². The lowest BCUT2D eigenvalue weighted by Crippen LogP contribution is -2.53. The van der Waals surface area contributed by atoms with Crippen LogP contribution in [0.3, 0.4) is 0 Å². The van der Waals surface area contributed by atoms with Gasteiger partial charge in [0.15, 0.2) is 0 Å². The molecule has 0 N–H and O–H groups in total. The van der Waals surface area contributed by atoms with Gasteiger partial charge in [-0.25, -0.2) is 9.97 Å². The van der Waals surface area contributed by atoms with Crippen LogP contribution < -0.4 is 9.80 Å². The molecule has 1 aromatic heterocycles. The zero-order chi connectivity index (χ0) is 15.6. The normalized spacial score (nSPS) is 21.2. The van der Waals surface area contributed by atoms with Gasteiger partial charge in [-0.05, 0) is 20.8 Å². The Morgan fingerprint density at radius 3 is 1.95 bits per heavy atom. The molecule has 0 unspecified atom stereocenters. The van der Waals surface area contributed by atoms with E-state index >= 15 is 0 Å². The van der Waals surface area contributed by atoms with Crippen LogP contribution in [0.2, 0.25) is 0 Å². The Bertz CT molecular complexity index is 488. The van der Waals surface area contributed by atoms with Crippen LogP contribution in [0.1, 0.15) is 20.8 Å². The number of morpholine rings is 1. The van der Waals surface area contributed by atoms with Gasteiger partial charge in [0.2, 0.25) is 0 Å². The summed E-state index contributed by atoms with van der Waals surface area (Å²) >= 11 is 0. The molecule has 122 valence electrons. The van der Waals surface area contributed by atoms with Crippen LogP contribution in [0, 0.1) is 0 Å². The van der Waals surface area contributed by atoms with Crippen molar-refractivity contribution in [3.8, 4) is 0 Å². The number of rotatable bonds is 2. The smallest absolute Gasteiger partial charge is 0.134 e. The third kappa shape index (κ3) is 3.50. The molecule has 0 atom stereocenters. The summed E-state index contributed by atoms with van der Waals surface area (Å²) in [6.07, 6.45) is 1.69. The first-order valence-corrected chi connectivity index (χ1v) is 8.19. The van der Waals surface area contributed by atoms with E-state index in [0.717, 1.165) is 64.1 Å². The van der Waals surface area contributed by atoms with Crippen LogP contribution in [0.25, 0.3) is 0 Å². The molecule has 0 amide bonds. The number of aromatic nitrogens is 2. The van der Waals surface area contributed by atoms with Crippen molar-refractivity contribution >= 4 is 11.6 Å². The highest BCUT2D eigenvalue weighted by atomic mass is 16.5. The molecule has 6 nitrogen and oxygen atoms in total. The molecule has 0 radical (unpaired) electrons. The molecule has 22 heavy (non-hydrogen) atoms. The average Bonchev–Trinajstić information content (AvgIpc) is 2.55. The second-order valence-electron chi connectivity index (χ2n) is 6.98. The molecule has 2 saturated heterocycles. The molecule has 0 saturated carbocycles. The number of anilines is 2. The minimum atomic E-state index is 0.247. The quantitative estimate of drug-likeness (QED) is 0.819. The summed E-state index contributed by atoms with van der Waals surface area (Å²) < 4.78 is 5.41. The predicted molar refractivity (Wildman–Crippen MR) is 88.6 cm³/mol. The third-order valence-electron chi connectivity index (χ3n) is 4.53. The molecule has 6 heteroatoms. The first-order valence-electron chi connectivity index (χ1n) is 8.19. The summed E-state index contributed by atoms with van der Waals surface area (Å²) in [7, 11) is 0. The van der Waals surface area contributed by atoms with E-state index in [9.17, 15) is 0 Å². The SMILES string of the molecule is CC(C)(C)N1CCN(c2cc(N3CCOCC3)ncn2)CC1. The minimum absolute atomic E-state index is 0.247. The standard InChI is InChI=1S/C16H27N5O/c1-16(2,3)21-6-4-19(5-7-21)14-12-15(18-13-17-14)20-8-10-22-11-9-20/h12-13H,4-11H2,1-3H3. The zero-order valence-corrected chi connectivity index (χ0v) is 14.0. The molecule has 0 aliphatic carbocycles. The Morgan fingerprint density at radius 1 is 0.864 bits per heavy atom. The highest BCUT2D eigenvalue weighted by molar-refractivity contribution is 5.50. The van der Waals surface area contributed by atoms with Crippen molar-refractivity contribution in [2.45, 2.75) is 26.3 Å². The summed E-state index contributed by atoms with van der Waals surface area (Å²) in [5.74, 6) is 2.07. The minimum Gasteiger partial charge on any atom is -0.378 e. The van der Waals surface area contributed by atoms with Crippen molar-refractivity contribution in [3.05, 3.63) is 12.4 Å². The molecular weight excluding hydrogens is 278 g/mol. The largest absolute Gasteiger partial charge is 0.378 e. The summed E-state index contributed by atoms with van der Waals surface area (Å²) in [4.78, 5) is 16.1. The van der Waals surface area contributed by atoms with Gasteiger partial charge in [-0.3, -0.25) is 4.90 Å². The van der Waals surface area contributed by atoms with Gasteiger partial charge in [-0.1, -0.05) is 0 Å². The van der Waals surface area contributed by atoms with Crippen molar-refractivity contribution in [1.29, 1.82) is 0 Å². The van der Waals surface area contributed by atoms with E-state index in [-0.39, 0.29) is 5.54 Å². The summed E-state index contributed by atoms with van der Waals surface area (Å²) in [5.41, 5.74) is 0.247. The van der Waals surface area contributed by atoms with Gasteiger partial charge in [-0.2, -0.15) is 0 Å². The van der Waals surface area contributed by atoms with Crippen LogP contribution in [0.4, 0.5) is 11.6 Å². The fourth-order valence-electron chi connectivity index (χ4n) is 3.08. The van der Waals surface area contributed by atoms with Gasteiger partial charge in [-0.15, -0.1) is 0 Å². The van der Waals surface area contributed by atoms with Crippen LogP contribution in [0.15, 0.2) is 12.4 Å². The Morgan fingerprint density at radius 2 is 1.41 bits per heavy atom. The van der Waals surface area contributed by atoms with E-state index in [4.69, 9.17) is 4.74 Å². The van der Waals surface area contributed by atoms with E-state index in [1.165, 1.54) is 0 Å². The lowest BCUT2D eigenvalue weighted by Gasteiger charge is -2.42. The first-order chi connectivity index (χ1) is 10.5. The van der Waals surface area contributed by atoms with Gasteiger partial charge < -0.3 is 14.5 Å². The van der Waals surface area contributed by atoms with Crippen molar-refractivity contribution in [2.75, 3.05) is 62.3 Å². The highest BCUT2D eigenvalue weighted by Crippen LogP contribution is 2.22. The van der Waals surface area contributed by atoms with Crippen molar-refractivity contribution < 1.29 is 4.74 Å². The first kappa shape index (κ1) is 15.5. The molecule has 1 aromatic rings. The van der Waals surface area contributed by atoms with Crippen LogP contribution >= 0.6 is 0 Å². The van der Waals surface area contributed by atoms with E-state index in [0.29, 0.717) is 0 Å². The molecule has 0 spiro atoms. The molecule has 2 aliphatic heterocycles. The maximum atomic E-state index is 5.41. The molecule has 2 fully saturated rings. The maximum absolute atomic E-state index is 5.41. The Kier molecular flexibility index (Phi) is 4.49. The Balaban J connectivity index is 1.66. The average molecular weight is 305 g/mol. The van der Waals surface area contributed by atoms with E-state index < -0.39 is 0 Å². The van der Waals surface area contributed by atoms with Gasteiger partial charge in [0.1, 0.15) is 18.0 Å².